The molecule has 0 bridgehead atoms. The summed E-state index contributed by atoms with van der Waals surface area (Å²) in [5.74, 6) is -2.88. The molecule has 3 nitrogen and oxygen atoms in total. The SMILES string of the molecule is C[C@H](N)CNCC(F)(F)c1ccncc1. The maximum absolute atomic E-state index is 13.5. The second-order valence-electron chi connectivity index (χ2n) is 3.55. The van der Waals surface area contributed by atoms with Crippen molar-refractivity contribution in [3.05, 3.63) is 30.1 Å². The molecule has 0 spiro atoms. The van der Waals surface area contributed by atoms with Gasteiger partial charge in [0.1, 0.15) is 0 Å². The van der Waals surface area contributed by atoms with Crippen LogP contribution in [0, 0.1) is 0 Å². The third-order valence-corrected chi connectivity index (χ3v) is 1.92. The zero-order valence-corrected chi connectivity index (χ0v) is 8.58. The molecule has 3 N–H and O–H groups in total. The molecule has 0 aliphatic heterocycles. The van der Waals surface area contributed by atoms with Gasteiger partial charge in [-0.1, -0.05) is 0 Å². The lowest BCUT2D eigenvalue weighted by Crippen LogP contribution is -2.37. The molecular weight excluding hydrogens is 200 g/mol. The van der Waals surface area contributed by atoms with Gasteiger partial charge in [-0.05, 0) is 19.1 Å². The highest BCUT2D eigenvalue weighted by molar-refractivity contribution is 5.16. The summed E-state index contributed by atoms with van der Waals surface area (Å²) in [5, 5.41) is 2.63. The summed E-state index contributed by atoms with van der Waals surface area (Å²) in [6.45, 7) is 1.73. The highest BCUT2D eigenvalue weighted by Gasteiger charge is 2.30. The number of aromatic nitrogens is 1. The fourth-order valence-corrected chi connectivity index (χ4v) is 1.15. The molecule has 5 heteroatoms. The number of nitrogens with zero attached hydrogens (tertiary/aromatic N) is 1. The Labute approximate surface area is 87.7 Å². The zero-order chi connectivity index (χ0) is 11.3. The molecule has 0 saturated heterocycles. The summed E-state index contributed by atoms with van der Waals surface area (Å²) < 4.78 is 27.0. The van der Waals surface area contributed by atoms with Crippen LogP contribution in [0.1, 0.15) is 12.5 Å². The van der Waals surface area contributed by atoms with E-state index in [1.807, 2.05) is 0 Å². The second kappa shape index (κ2) is 5.14. The van der Waals surface area contributed by atoms with Gasteiger partial charge in [0.05, 0.1) is 6.54 Å². The molecule has 0 amide bonds. The lowest BCUT2D eigenvalue weighted by molar-refractivity contribution is -0.00321. The Bertz CT molecular complexity index is 288. The fraction of sp³-hybridized carbons (Fsp3) is 0.500. The van der Waals surface area contributed by atoms with Crippen LogP contribution in [-0.4, -0.2) is 24.1 Å². The lowest BCUT2D eigenvalue weighted by Gasteiger charge is -2.17. The molecule has 0 aliphatic carbocycles. The average Bonchev–Trinajstić information content (AvgIpc) is 2.18. The van der Waals surface area contributed by atoms with Crippen LogP contribution in [0.4, 0.5) is 8.78 Å². The lowest BCUT2D eigenvalue weighted by atomic mass is 10.1. The summed E-state index contributed by atoms with van der Waals surface area (Å²) in [6, 6.07) is 2.50. The first kappa shape index (κ1) is 12.0. The highest BCUT2D eigenvalue weighted by Crippen LogP contribution is 2.25. The van der Waals surface area contributed by atoms with E-state index in [0.717, 1.165) is 0 Å². The van der Waals surface area contributed by atoms with Crippen molar-refractivity contribution >= 4 is 0 Å². The molecule has 1 aromatic rings. The van der Waals surface area contributed by atoms with E-state index in [0.29, 0.717) is 6.54 Å². The molecule has 1 heterocycles. The fourth-order valence-electron chi connectivity index (χ4n) is 1.15. The van der Waals surface area contributed by atoms with Gasteiger partial charge in [-0.25, -0.2) is 0 Å². The third-order valence-electron chi connectivity index (χ3n) is 1.92. The van der Waals surface area contributed by atoms with Gasteiger partial charge < -0.3 is 11.1 Å². The van der Waals surface area contributed by atoms with Crippen molar-refractivity contribution in [2.24, 2.45) is 5.73 Å². The summed E-state index contributed by atoms with van der Waals surface area (Å²) >= 11 is 0. The minimum atomic E-state index is -2.88. The predicted octanol–water partition coefficient (Wildman–Crippen LogP) is 1.11. The molecule has 1 atom stereocenters. The Morgan fingerprint density at radius 2 is 2.07 bits per heavy atom. The first-order valence-corrected chi connectivity index (χ1v) is 4.77. The first-order chi connectivity index (χ1) is 7.02. The Balaban J connectivity index is 2.52. The van der Waals surface area contributed by atoms with E-state index in [9.17, 15) is 8.78 Å². The van der Waals surface area contributed by atoms with E-state index in [4.69, 9.17) is 5.73 Å². The van der Waals surface area contributed by atoms with Crippen LogP contribution in [-0.2, 0) is 5.92 Å². The molecule has 0 aliphatic rings. The normalized spacial score (nSPS) is 13.9. The van der Waals surface area contributed by atoms with Crippen molar-refractivity contribution in [1.29, 1.82) is 0 Å². The predicted molar refractivity (Wildman–Crippen MR) is 54.7 cm³/mol. The molecule has 84 valence electrons. The number of halogens is 2. The Kier molecular flexibility index (Phi) is 4.11. The number of rotatable bonds is 5. The van der Waals surface area contributed by atoms with Crippen molar-refractivity contribution in [2.45, 2.75) is 18.9 Å². The number of pyridine rings is 1. The van der Waals surface area contributed by atoms with Gasteiger partial charge >= 0.3 is 0 Å². The average molecular weight is 215 g/mol. The first-order valence-electron chi connectivity index (χ1n) is 4.77. The van der Waals surface area contributed by atoms with Gasteiger partial charge in [-0.3, -0.25) is 4.98 Å². The number of alkyl halides is 2. The Morgan fingerprint density at radius 3 is 2.60 bits per heavy atom. The van der Waals surface area contributed by atoms with Crippen LogP contribution in [0.15, 0.2) is 24.5 Å². The Morgan fingerprint density at radius 1 is 1.47 bits per heavy atom. The van der Waals surface area contributed by atoms with Crippen LogP contribution in [0.25, 0.3) is 0 Å². The molecular formula is C10H15F2N3. The van der Waals surface area contributed by atoms with Gasteiger partial charge in [0, 0.05) is 30.5 Å². The van der Waals surface area contributed by atoms with Crippen molar-refractivity contribution < 1.29 is 8.78 Å². The van der Waals surface area contributed by atoms with E-state index in [1.54, 1.807) is 6.92 Å². The van der Waals surface area contributed by atoms with Crippen LogP contribution in [0.3, 0.4) is 0 Å². The quantitative estimate of drug-likeness (QED) is 0.773. The zero-order valence-electron chi connectivity index (χ0n) is 8.58. The molecule has 0 fully saturated rings. The van der Waals surface area contributed by atoms with Gasteiger partial charge in [0.15, 0.2) is 0 Å². The van der Waals surface area contributed by atoms with Crippen molar-refractivity contribution in [3.63, 3.8) is 0 Å². The van der Waals surface area contributed by atoms with Gasteiger partial charge in [0.25, 0.3) is 5.92 Å². The van der Waals surface area contributed by atoms with Crippen molar-refractivity contribution in [3.8, 4) is 0 Å². The van der Waals surface area contributed by atoms with Crippen molar-refractivity contribution in [2.75, 3.05) is 13.1 Å². The van der Waals surface area contributed by atoms with Crippen LogP contribution < -0.4 is 11.1 Å². The standard InChI is InChI=1S/C10H15F2N3/c1-8(13)6-15-7-10(11,12)9-2-4-14-5-3-9/h2-5,8,15H,6-7,13H2,1H3/t8-/m0/s1. The minimum absolute atomic E-state index is 0.0327. The van der Waals surface area contributed by atoms with Crippen LogP contribution >= 0.6 is 0 Å². The van der Waals surface area contributed by atoms with Gasteiger partial charge in [-0.15, -0.1) is 0 Å². The summed E-state index contributed by atoms with van der Waals surface area (Å²) in [6.07, 6.45) is 2.71. The van der Waals surface area contributed by atoms with E-state index in [-0.39, 0.29) is 11.6 Å². The highest BCUT2D eigenvalue weighted by atomic mass is 19.3. The third kappa shape index (κ3) is 3.89. The molecule has 0 unspecified atom stereocenters. The number of hydrogen-bond acceptors (Lipinski definition) is 3. The van der Waals surface area contributed by atoms with Crippen LogP contribution in [0.5, 0.6) is 0 Å². The molecule has 0 aromatic carbocycles. The van der Waals surface area contributed by atoms with Crippen molar-refractivity contribution in [1.82, 2.24) is 10.3 Å². The van der Waals surface area contributed by atoms with E-state index < -0.39 is 12.5 Å². The molecule has 1 rings (SSSR count). The van der Waals surface area contributed by atoms with E-state index >= 15 is 0 Å². The largest absolute Gasteiger partial charge is 0.327 e. The summed E-state index contributed by atoms with van der Waals surface area (Å²) in [5.41, 5.74) is 5.41. The summed E-state index contributed by atoms with van der Waals surface area (Å²) in [4.78, 5) is 3.69. The second-order valence-corrected chi connectivity index (χ2v) is 3.55. The van der Waals surface area contributed by atoms with Gasteiger partial charge in [0.2, 0.25) is 0 Å². The number of hydrogen-bond donors (Lipinski definition) is 2. The molecule has 0 radical (unpaired) electrons. The van der Waals surface area contributed by atoms with Gasteiger partial charge in [-0.2, -0.15) is 8.78 Å². The molecule has 15 heavy (non-hydrogen) atoms. The maximum Gasteiger partial charge on any atom is 0.285 e. The maximum atomic E-state index is 13.5. The summed E-state index contributed by atoms with van der Waals surface area (Å²) in [7, 11) is 0. The Hall–Kier alpha value is -1.07. The number of nitrogens with one attached hydrogen (secondary N) is 1. The van der Waals surface area contributed by atoms with E-state index in [2.05, 4.69) is 10.3 Å². The molecule has 1 aromatic heterocycles. The topological polar surface area (TPSA) is 50.9 Å². The monoisotopic (exact) mass is 215 g/mol. The minimum Gasteiger partial charge on any atom is -0.327 e. The number of nitrogens with two attached hydrogens (primary N) is 1. The van der Waals surface area contributed by atoms with Crippen LogP contribution in [0.2, 0.25) is 0 Å². The van der Waals surface area contributed by atoms with E-state index in [1.165, 1.54) is 24.5 Å². The molecule has 0 saturated carbocycles. The smallest absolute Gasteiger partial charge is 0.285 e.